The molecule has 0 amide bonds. The number of carbonyl (C=O) groups excluding carboxylic acids is 1. The minimum atomic E-state index is -0.0978. The molecule has 1 aliphatic heterocycles. The first-order valence-corrected chi connectivity index (χ1v) is 13.5. The van der Waals surface area contributed by atoms with E-state index in [1.54, 1.807) is 24.3 Å². The van der Waals surface area contributed by atoms with Crippen molar-refractivity contribution in [1.29, 1.82) is 0 Å². The standard InChI is InChI=1S/C16H20N2OS.C13H19FN2/c1-4-5-13-10-14(6-7-15(13)12(2)19)18(3)11-16-17-8-9-20-16;1-10-4-5-13(12(14)8-10)16-7-6-11(9-16)15(2)3/h6-10H,4-5,11H2,1-3H3;4-5,8,11H,6-7,9H2,1-3H3. The van der Waals surface area contributed by atoms with E-state index in [1.165, 1.54) is 0 Å². The number of thiazole rings is 1. The minimum Gasteiger partial charge on any atom is -0.368 e. The molecule has 0 spiro atoms. The van der Waals surface area contributed by atoms with E-state index in [-0.39, 0.29) is 11.6 Å². The van der Waals surface area contributed by atoms with Crippen LogP contribution in [0.1, 0.15) is 53.2 Å². The van der Waals surface area contributed by atoms with Crippen LogP contribution in [0, 0.1) is 12.7 Å². The zero-order valence-electron chi connectivity index (χ0n) is 22.4. The zero-order valence-corrected chi connectivity index (χ0v) is 23.2. The highest BCUT2D eigenvalue weighted by Crippen LogP contribution is 2.26. The molecule has 0 radical (unpaired) electrons. The Bertz CT molecular complexity index is 1130. The molecule has 1 aromatic heterocycles. The van der Waals surface area contributed by atoms with Crippen LogP contribution in [-0.2, 0) is 13.0 Å². The second-order valence-electron chi connectivity index (χ2n) is 9.74. The number of carbonyl (C=O) groups is 1. The van der Waals surface area contributed by atoms with Crippen LogP contribution in [-0.4, -0.2) is 55.9 Å². The van der Waals surface area contributed by atoms with Gasteiger partial charge < -0.3 is 14.7 Å². The second-order valence-corrected chi connectivity index (χ2v) is 10.7. The van der Waals surface area contributed by atoms with Gasteiger partial charge in [0.15, 0.2) is 5.78 Å². The van der Waals surface area contributed by atoms with Gasteiger partial charge in [0.25, 0.3) is 0 Å². The molecular formula is C29H39FN4OS. The maximum atomic E-state index is 13.8. The molecule has 1 atom stereocenters. The van der Waals surface area contributed by atoms with E-state index < -0.39 is 0 Å². The number of rotatable bonds is 8. The summed E-state index contributed by atoms with van der Waals surface area (Å²) in [5, 5.41) is 3.09. The monoisotopic (exact) mass is 510 g/mol. The fourth-order valence-corrected chi connectivity index (χ4v) is 5.18. The number of halogens is 1. The van der Waals surface area contributed by atoms with Gasteiger partial charge in [-0.1, -0.05) is 19.4 Å². The molecule has 0 bridgehead atoms. The van der Waals surface area contributed by atoms with Gasteiger partial charge in [-0.25, -0.2) is 9.37 Å². The maximum absolute atomic E-state index is 13.8. The van der Waals surface area contributed by atoms with Crippen molar-refractivity contribution < 1.29 is 9.18 Å². The first-order chi connectivity index (χ1) is 17.2. The summed E-state index contributed by atoms with van der Waals surface area (Å²) in [5.74, 6) is 0.0435. The van der Waals surface area contributed by atoms with Gasteiger partial charge in [-0.05, 0) is 82.2 Å². The third-order valence-electron chi connectivity index (χ3n) is 6.62. The molecule has 36 heavy (non-hydrogen) atoms. The first-order valence-electron chi connectivity index (χ1n) is 12.6. The summed E-state index contributed by atoms with van der Waals surface area (Å²) in [6, 6.07) is 12.1. The number of benzene rings is 2. The van der Waals surface area contributed by atoms with Crippen molar-refractivity contribution in [3.63, 3.8) is 0 Å². The van der Waals surface area contributed by atoms with E-state index in [0.717, 1.165) is 72.0 Å². The summed E-state index contributed by atoms with van der Waals surface area (Å²) in [5.41, 5.74) is 4.84. The van der Waals surface area contributed by atoms with Crippen LogP contribution in [0.4, 0.5) is 15.8 Å². The Morgan fingerprint density at radius 3 is 2.56 bits per heavy atom. The smallest absolute Gasteiger partial charge is 0.160 e. The third kappa shape index (κ3) is 7.37. The quantitative estimate of drug-likeness (QED) is 0.337. The van der Waals surface area contributed by atoms with Gasteiger partial charge in [0.1, 0.15) is 10.8 Å². The van der Waals surface area contributed by atoms with E-state index in [1.807, 2.05) is 42.8 Å². The highest BCUT2D eigenvalue weighted by atomic mass is 32.1. The highest BCUT2D eigenvalue weighted by Gasteiger charge is 2.25. The molecular weight excluding hydrogens is 471 g/mol. The molecule has 4 rings (SSSR count). The van der Waals surface area contributed by atoms with Gasteiger partial charge >= 0.3 is 0 Å². The van der Waals surface area contributed by atoms with Gasteiger partial charge in [0.05, 0.1) is 12.2 Å². The highest BCUT2D eigenvalue weighted by molar-refractivity contribution is 7.09. The number of aryl methyl sites for hydroxylation is 2. The summed E-state index contributed by atoms with van der Waals surface area (Å²) < 4.78 is 13.8. The number of likely N-dealkylation sites (N-methyl/N-ethyl adjacent to an activating group) is 1. The molecule has 3 aromatic rings. The average Bonchev–Trinajstić information content (AvgIpc) is 3.52. The topological polar surface area (TPSA) is 39.7 Å². The van der Waals surface area contributed by atoms with E-state index in [9.17, 15) is 9.18 Å². The van der Waals surface area contributed by atoms with Crippen LogP contribution in [0.25, 0.3) is 0 Å². The summed E-state index contributed by atoms with van der Waals surface area (Å²) in [4.78, 5) is 22.5. The van der Waals surface area contributed by atoms with E-state index >= 15 is 0 Å². The Balaban J connectivity index is 0.000000205. The molecule has 1 unspecified atom stereocenters. The van der Waals surface area contributed by atoms with E-state index in [4.69, 9.17) is 0 Å². The van der Waals surface area contributed by atoms with Crippen LogP contribution in [0.5, 0.6) is 0 Å². The lowest BCUT2D eigenvalue weighted by Crippen LogP contribution is -2.31. The van der Waals surface area contributed by atoms with Crippen LogP contribution < -0.4 is 9.80 Å². The average molecular weight is 511 g/mol. The Morgan fingerprint density at radius 2 is 1.97 bits per heavy atom. The van der Waals surface area contributed by atoms with Crippen molar-refractivity contribution in [2.45, 2.75) is 52.6 Å². The van der Waals surface area contributed by atoms with Gasteiger partial charge in [0.2, 0.25) is 0 Å². The lowest BCUT2D eigenvalue weighted by molar-refractivity contribution is 0.101. The maximum Gasteiger partial charge on any atom is 0.160 e. The van der Waals surface area contributed by atoms with Crippen molar-refractivity contribution in [3.05, 3.63) is 75.5 Å². The van der Waals surface area contributed by atoms with Crippen molar-refractivity contribution in [1.82, 2.24) is 9.88 Å². The number of ketones is 1. The molecule has 7 heteroatoms. The molecule has 1 fully saturated rings. The first kappa shape index (κ1) is 27.8. The Labute approximate surface area is 219 Å². The number of aromatic nitrogens is 1. The predicted molar refractivity (Wildman–Crippen MR) is 150 cm³/mol. The summed E-state index contributed by atoms with van der Waals surface area (Å²) in [7, 11) is 6.22. The lowest BCUT2D eigenvalue weighted by atomic mass is 9.99. The van der Waals surface area contributed by atoms with Crippen LogP contribution in [0.15, 0.2) is 48.0 Å². The number of nitrogens with zero attached hydrogens (tertiary/aromatic N) is 4. The Kier molecular flexibility index (Phi) is 10.0. The second kappa shape index (κ2) is 13.0. The number of anilines is 2. The molecule has 1 aliphatic rings. The molecule has 1 saturated heterocycles. The number of Topliss-reactive ketones (excluding diaryl/α,β-unsaturated/α-hetero) is 1. The van der Waals surface area contributed by atoms with Gasteiger partial charge in [-0.2, -0.15) is 0 Å². The fourth-order valence-electron chi connectivity index (χ4n) is 4.51. The van der Waals surface area contributed by atoms with Crippen molar-refractivity contribution >= 4 is 28.5 Å². The number of hydrogen-bond donors (Lipinski definition) is 0. The Morgan fingerprint density at radius 1 is 1.19 bits per heavy atom. The van der Waals surface area contributed by atoms with Crippen molar-refractivity contribution in [2.24, 2.45) is 0 Å². The molecule has 2 heterocycles. The fraction of sp³-hybridized carbons (Fsp3) is 0.448. The number of hydrogen-bond acceptors (Lipinski definition) is 6. The summed E-state index contributed by atoms with van der Waals surface area (Å²) in [6.45, 7) is 8.35. The largest absolute Gasteiger partial charge is 0.368 e. The SMILES string of the molecule is CCCc1cc(N(C)Cc2nccs2)ccc1C(C)=O.Cc1ccc(N2CCC(N(C)C)C2)c(F)c1. The molecule has 0 saturated carbocycles. The minimum absolute atomic E-state index is 0.0978. The van der Waals surface area contributed by atoms with Crippen molar-refractivity contribution in [3.8, 4) is 0 Å². The predicted octanol–water partition coefficient (Wildman–Crippen LogP) is 6.21. The van der Waals surface area contributed by atoms with Crippen molar-refractivity contribution in [2.75, 3.05) is 44.0 Å². The Hall–Kier alpha value is -2.77. The molecule has 194 valence electrons. The van der Waals surface area contributed by atoms with Crippen LogP contribution in [0.2, 0.25) is 0 Å². The van der Waals surface area contributed by atoms with Gasteiger partial charge in [0, 0.05) is 49.0 Å². The molecule has 0 aliphatic carbocycles. The molecule has 2 aromatic carbocycles. The lowest BCUT2D eigenvalue weighted by Gasteiger charge is -2.22. The summed E-state index contributed by atoms with van der Waals surface area (Å²) >= 11 is 1.66. The van der Waals surface area contributed by atoms with E-state index in [0.29, 0.717) is 6.04 Å². The van der Waals surface area contributed by atoms with Gasteiger partial charge in [-0.3, -0.25) is 4.79 Å². The normalized spacial score (nSPS) is 15.1. The molecule has 0 N–H and O–H groups in total. The van der Waals surface area contributed by atoms with Crippen LogP contribution >= 0.6 is 11.3 Å². The summed E-state index contributed by atoms with van der Waals surface area (Å²) in [6.07, 6.45) is 4.92. The molecule has 5 nitrogen and oxygen atoms in total. The van der Waals surface area contributed by atoms with Gasteiger partial charge in [-0.15, -0.1) is 11.3 Å². The van der Waals surface area contributed by atoms with Crippen LogP contribution in [0.3, 0.4) is 0 Å². The third-order valence-corrected chi connectivity index (χ3v) is 7.39. The zero-order chi connectivity index (χ0) is 26.2. The van der Waals surface area contributed by atoms with E-state index in [2.05, 4.69) is 53.8 Å².